The van der Waals surface area contributed by atoms with E-state index in [1.165, 1.54) is 12.1 Å². The second kappa shape index (κ2) is 7.35. The molecule has 0 atom stereocenters. The minimum atomic E-state index is -0.791. The van der Waals surface area contributed by atoms with Crippen LogP contribution in [-0.4, -0.2) is 18.4 Å². The molecular formula is C17H13Cl3O3. The molecule has 0 radical (unpaired) electrons. The lowest BCUT2D eigenvalue weighted by Crippen LogP contribution is -2.16. The van der Waals surface area contributed by atoms with Gasteiger partial charge in [0.15, 0.2) is 6.61 Å². The molecule has 0 aliphatic rings. The van der Waals surface area contributed by atoms with Crippen molar-refractivity contribution in [2.75, 3.05) is 6.61 Å². The maximum absolute atomic E-state index is 12.2. The fourth-order valence-electron chi connectivity index (χ4n) is 2.03. The van der Waals surface area contributed by atoms with E-state index in [1.54, 1.807) is 6.07 Å². The minimum absolute atomic E-state index is 0.00310. The van der Waals surface area contributed by atoms with Crippen LogP contribution in [0.1, 0.15) is 31.8 Å². The van der Waals surface area contributed by atoms with E-state index < -0.39 is 12.6 Å². The molecule has 0 saturated carbocycles. The molecular weight excluding hydrogens is 359 g/mol. The number of rotatable bonds is 4. The maximum atomic E-state index is 12.2. The normalized spacial score (nSPS) is 10.5. The van der Waals surface area contributed by atoms with E-state index in [0.717, 1.165) is 11.1 Å². The zero-order valence-corrected chi connectivity index (χ0v) is 14.7. The molecule has 0 fully saturated rings. The Kier molecular flexibility index (Phi) is 5.69. The molecule has 2 rings (SSSR count). The van der Waals surface area contributed by atoms with Crippen molar-refractivity contribution in [3.63, 3.8) is 0 Å². The second-order valence-corrected chi connectivity index (χ2v) is 6.23. The van der Waals surface area contributed by atoms with Gasteiger partial charge in [-0.2, -0.15) is 0 Å². The number of halogens is 3. The van der Waals surface area contributed by atoms with E-state index in [4.69, 9.17) is 39.5 Å². The molecule has 0 heterocycles. The van der Waals surface area contributed by atoms with Crippen LogP contribution in [0.3, 0.4) is 0 Å². The zero-order chi connectivity index (χ0) is 17.1. The first kappa shape index (κ1) is 17.8. The van der Waals surface area contributed by atoms with Gasteiger partial charge in [0.2, 0.25) is 5.78 Å². The van der Waals surface area contributed by atoms with Crippen molar-refractivity contribution in [1.82, 2.24) is 0 Å². The average molecular weight is 372 g/mol. The van der Waals surface area contributed by atoms with Gasteiger partial charge in [-0.1, -0.05) is 52.5 Å². The van der Waals surface area contributed by atoms with E-state index in [0.29, 0.717) is 5.56 Å². The number of hydrogen-bond acceptors (Lipinski definition) is 3. The quantitative estimate of drug-likeness (QED) is 0.416. The summed E-state index contributed by atoms with van der Waals surface area (Å²) >= 11 is 17.8. The van der Waals surface area contributed by atoms with Gasteiger partial charge in [0, 0.05) is 5.56 Å². The smallest absolute Gasteiger partial charge is 0.341 e. The van der Waals surface area contributed by atoms with Gasteiger partial charge >= 0.3 is 5.97 Å². The third kappa shape index (κ3) is 4.05. The summed E-state index contributed by atoms with van der Waals surface area (Å²) < 4.78 is 5.04. The number of esters is 1. The lowest BCUT2D eigenvalue weighted by Gasteiger charge is -2.10. The summed E-state index contributed by atoms with van der Waals surface area (Å²) in [6, 6.07) is 8.42. The highest BCUT2D eigenvalue weighted by Crippen LogP contribution is 2.31. The average Bonchev–Trinajstić information content (AvgIpc) is 2.51. The molecule has 0 N–H and O–H groups in total. The van der Waals surface area contributed by atoms with Gasteiger partial charge in [0.1, 0.15) is 0 Å². The third-order valence-electron chi connectivity index (χ3n) is 3.28. The molecule has 0 saturated heterocycles. The lowest BCUT2D eigenvalue weighted by atomic mass is 10.0. The summed E-state index contributed by atoms with van der Waals surface area (Å²) in [4.78, 5) is 24.3. The van der Waals surface area contributed by atoms with Gasteiger partial charge in [-0.3, -0.25) is 4.79 Å². The van der Waals surface area contributed by atoms with Crippen LogP contribution in [0, 0.1) is 13.8 Å². The standard InChI is InChI=1S/C17H13Cl3O3/c1-9-3-4-10(2)11(7-9)14(21)8-23-17(22)15-12(18)5-6-13(19)16(15)20/h3-7H,8H2,1-2H3. The van der Waals surface area contributed by atoms with Crippen molar-refractivity contribution in [1.29, 1.82) is 0 Å². The fourth-order valence-corrected chi connectivity index (χ4v) is 2.71. The number of hydrogen-bond donors (Lipinski definition) is 0. The van der Waals surface area contributed by atoms with Gasteiger partial charge in [0.25, 0.3) is 0 Å². The van der Waals surface area contributed by atoms with E-state index in [1.807, 2.05) is 26.0 Å². The van der Waals surface area contributed by atoms with Crippen LogP contribution in [0.4, 0.5) is 0 Å². The van der Waals surface area contributed by atoms with Crippen LogP contribution in [-0.2, 0) is 4.74 Å². The molecule has 0 aliphatic carbocycles. The molecule has 2 aromatic carbocycles. The lowest BCUT2D eigenvalue weighted by molar-refractivity contribution is 0.0475. The van der Waals surface area contributed by atoms with Crippen molar-refractivity contribution in [2.45, 2.75) is 13.8 Å². The Morgan fingerprint density at radius 2 is 1.65 bits per heavy atom. The number of Topliss-reactive ketones (excluding diaryl/α,β-unsaturated/α-hetero) is 1. The van der Waals surface area contributed by atoms with E-state index >= 15 is 0 Å². The van der Waals surface area contributed by atoms with Crippen molar-refractivity contribution in [2.24, 2.45) is 0 Å². The number of ether oxygens (including phenoxy) is 1. The molecule has 0 bridgehead atoms. The van der Waals surface area contributed by atoms with Crippen molar-refractivity contribution in [3.8, 4) is 0 Å². The van der Waals surface area contributed by atoms with Crippen molar-refractivity contribution in [3.05, 3.63) is 67.7 Å². The molecule has 0 unspecified atom stereocenters. The summed E-state index contributed by atoms with van der Waals surface area (Å²) in [5, 5.41) is 0.302. The van der Waals surface area contributed by atoms with Gasteiger partial charge < -0.3 is 4.74 Å². The van der Waals surface area contributed by atoms with Crippen molar-refractivity contribution >= 4 is 46.6 Å². The molecule has 0 spiro atoms. The largest absolute Gasteiger partial charge is 0.454 e. The molecule has 0 aromatic heterocycles. The molecule has 6 heteroatoms. The Labute approximate surface area is 149 Å². The first-order valence-electron chi connectivity index (χ1n) is 6.72. The monoisotopic (exact) mass is 370 g/mol. The van der Waals surface area contributed by atoms with Gasteiger partial charge in [-0.25, -0.2) is 4.79 Å². The third-order valence-corrected chi connectivity index (χ3v) is 4.40. The first-order chi connectivity index (χ1) is 10.8. The first-order valence-corrected chi connectivity index (χ1v) is 7.85. The summed E-state index contributed by atoms with van der Waals surface area (Å²) in [7, 11) is 0. The molecule has 23 heavy (non-hydrogen) atoms. The molecule has 3 nitrogen and oxygen atoms in total. The topological polar surface area (TPSA) is 43.4 Å². The Bertz CT molecular complexity index is 785. The summed E-state index contributed by atoms with van der Waals surface area (Å²) in [5.74, 6) is -1.09. The predicted octanol–water partition coefficient (Wildman–Crippen LogP) is 5.30. The van der Waals surface area contributed by atoms with Crippen LogP contribution in [0.2, 0.25) is 15.1 Å². The van der Waals surface area contributed by atoms with Crippen LogP contribution in [0.5, 0.6) is 0 Å². The van der Waals surface area contributed by atoms with Crippen LogP contribution in [0.25, 0.3) is 0 Å². The Hall–Kier alpha value is -1.55. The van der Waals surface area contributed by atoms with Crippen LogP contribution < -0.4 is 0 Å². The minimum Gasteiger partial charge on any atom is -0.454 e. The highest BCUT2D eigenvalue weighted by Gasteiger charge is 2.20. The fraction of sp³-hybridized carbons (Fsp3) is 0.176. The van der Waals surface area contributed by atoms with Gasteiger partial charge in [0.05, 0.1) is 20.6 Å². The van der Waals surface area contributed by atoms with Gasteiger partial charge in [-0.05, 0) is 37.6 Å². The molecule has 0 aliphatic heterocycles. The SMILES string of the molecule is Cc1ccc(C)c(C(=O)COC(=O)c2c(Cl)ccc(Cl)c2Cl)c1. The number of benzene rings is 2. The van der Waals surface area contributed by atoms with Crippen LogP contribution >= 0.6 is 34.8 Å². The predicted molar refractivity (Wildman–Crippen MR) is 92.0 cm³/mol. The molecule has 0 amide bonds. The van der Waals surface area contributed by atoms with Crippen LogP contribution in [0.15, 0.2) is 30.3 Å². The highest BCUT2D eigenvalue weighted by atomic mass is 35.5. The molecule has 2 aromatic rings. The Morgan fingerprint density at radius 1 is 1.00 bits per heavy atom. The Balaban J connectivity index is 2.15. The number of ketones is 1. The summed E-state index contributed by atoms with van der Waals surface area (Å²) in [6.45, 7) is 3.30. The summed E-state index contributed by atoms with van der Waals surface area (Å²) in [5.41, 5.74) is 2.23. The van der Waals surface area contributed by atoms with E-state index in [9.17, 15) is 9.59 Å². The number of carbonyl (C=O) groups excluding carboxylic acids is 2. The van der Waals surface area contributed by atoms with E-state index in [-0.39, 0.29) is 26.4 Å². The highest BCUT2D eigenvalue weighted by molar-refractivity contribution is 6.46. The number of carbonyl (C=O) groups is 2. The molecule has 120 valence electrons. The second-order valence-electron chi connectivity index (χ2n) is 5.04. The van der Waals surface area contributed by atoms with Gasteiger partial charge in [-0.15, -0.1) is 0 Å². The zero-order valence-electron chi connectivity index (χ0n) is 12.5. The maximum Gasteiger partial charge on any atom is 0.341 e. The summed E-state index contributed by atoms with van der Waals surface area (Å²) in [6.07, 6.45) is 0. The van der Waals surface area contributed by atoms with Crippen molar-refractivity contribution < 1.29 is 14.3 Å². The Morgan fingerprint density at radius 3 is 2.35 bits per heavy atom. The number of aryl methyl sites for hydroxylation is 2. The van der Waals surface area contributed by atoms with E-state index in [2.05, 4.69) is 0 Å².